The summed E-state index contributed by atoms with van der Waals surface area (Å²) < 4.78 is 0. The van der Waals surface area contributed by atoms with Crippen molar-refractivity contribution in [2.75, 3.05) is 51.7 Å². The van der Waals surface area contributed by atoms with Crippen molar-refractivity contribution in [1.82, 2.24) is 9.80 Å². The first-order chi connectivity index (χ1) is 9.06. The monoisotopic (exact) mass is 261 g/mol. The summed E-state index contributed by atoms with van der Waals surface area (Å²) in [5, 5.41) is 0. The Balaban J connectivity index is 1.85. The fourth-order valence-corrected chi connectivity index (χ4v) is 2.25. The summed E-state index contributed by atoms with van der Waals surface area (Å²) in [4.78, 5) is 17.9. The molecule has 0 N–H and O–H groups in total. The van der Waals surface area contributed by atoms with Crippen LogP contribution in [-0.4, -0.2) is 62.5 Å². The van der Waals surface area contributed by atoms with E-state index < -0.39 is 0 Å². The van der Waals surface area contributed by atoms with Gasteiger partial charge in [-0.1, -0.05) is 17.7 Å². The van der Waals surface area contributed by atoms with Crippen molar-refractivity contribution >= 4 is 11.6 Å². The van der Waals surface area contributed by atoms with Crippen molar-refractivity contribution < 1.29 is 4.79 Å². The fraction of sp³-hybridized carbons (Fsp3) is 0.533. The highest BCUT2D eigenvalue weighted by molar-refractivity contribution is 5.77. The molecule has 4 nitrogen and oxygen atoms in total. The first-order valence-corrected chi connectivity index (χ1v) is 6.80. The number of rotatable bonds is 3. The number of nitrogens with zero attached hydrogens (tertiary/aromatic N) is 3. The van der Waals surface area contributed by atoms with Crippen LogP contribution >= 0.6 is 0 Å². The number of amides is 1. The molecule has 4 heteroatoms. The quantitative estimate of drug-likeness (QED) is 0.818. The number of piperazine rings is 1. The number of hydrogen-bond acceptors (Lipinski definition) is 3. The minimum atomic E-state index is 0.184. The second-order valence-corrected chi connectivity index (χ2v) is 5.39. The zero-order valence-corrected chi connectivity index (χ0v) is 12.1. The van der Waals surface area contributed by atoms with E-state index in [1.54, 1.807) is 4.90 Å². The Bertz CT molecular complexity index is 420. The molecular formula is C15H23N3O. The predicted molar refractivity (Wildman–Crippen MR) is 78.5 cm³/mol. The first-order valence-electron chi connectivity index (χ1n) is 6.80. The van der Waals surface area contributed by atoms with E-state index in [-0.39, 0.29) is 5.91 Å². The van der Waals surface area contributed by atoms with Crippen molar-refractivity contribution in [2.24, 2.45) is 0 Å². The molecule has 2 rings (SSSR count). The molecule has 0 atom stereocenters. The lowest BCUT2D eigenvalue weighted by molar-refractivity contribution is -0.129. The van der Waals surface area contributed by atoms with Crippen LogP contribution in [-0.2, 0) is 4.79 Å². The Kier molecular flexibility index (Phi) is 4.43. The van der Waals surface area contributed by atoms with Crippen molar-refractivity contribution in [1.29, 1.82) is 0 Å². The van der Waals surface area contributed by atoms with Gasteiger partial charge in [0.1, 0.15) is 0 Å². The van der Waals surface area contributed by atoms with Crippen LogP contribution in [0.4, 0.5) is 5.69 Å². The number of carbonyl (C=O) groups is 1. The van der Waals surface area contributed by atoms with E-state index in [0.717, 1.165) is 26.2 Å². The molecule has 104 valence electrons. The van der Waals surface area contributed by atoms with Crippen LogP contribution in [0.3, 0.4) is 0 Å². The van der Waals surface area contributed by atoms with E-state index in [0.29, 0.717) is 6.54 Å². The van der Waals surface area contributed by atoms with E-state index in [4.69, 9.17) is 0 Å². The summed E-state index contributed by atoms with van der Waals surface area (Å²) in [5.74, 6) is 0.184. The van der Waals surface area contributed by atoms with Gasteiger partial charge in [-0.15, -0.1) is 0 Å². The van der Waals surface area contributed by atoms with Gasteiger partial charge in [-0.2, -0.15) is 0 Å². The minimum Gasteiger partial charge on any atom is -0.369 e. The Labute approximate surface area is 115 Å². The maximum atomic E-state index is 11.7. The first kappa shape index (κ1) is 13.9. The molecule has 1 aliphatic rings. The van der Waals surface area contributed by atoms with Gasteiger partial charge in [0.25, 0.3) is 0 Å². The van der Waals surface area contributed by atoms with Gasteiger partial charge in [-0.25, -0.2) is 0 Å². The highest BCUT2D eigenvalue weighted by Crippen LogP contribution is 2.16. The largest absolute Gasteiger partial charge is 0.369 e. The van der Waals surface area contributed by atoms with Crippen LogP contribution in [0.25, 0.3) is 0 Å². The lowest BCUT2D eigenvalue weighted by atomic mass is 10.2. The van der Waals surface area contributed by atoms with E-state index in [2.05, 4.69) is 41.0 Å². The number of benzene rings is 1. The Morgan fingerprint density at radius 2 is 1.68 bits per heavy atom. The van der Waals surface area contributed by atoms with Crippen molar-refractivity contribution in [3.63, 3.8) is 0 Å². The summed E-state index contributed by atoms with van der Waals surface area (Å²) in [6.45, 7) is 6.53. The molecule has 0 aliphatic carbocycles. The molecule has 1 aliphatic heterocycles. The number of carbonyl (C=O) groups excluding carboxylic acids is 1. The topological polar surface area (TPSA) is 26.8 Å². The average Bonchev–Trinajstić information content (AvgIpc) is 2.40. The summed E-state index contributed by atoms with van der Waals surface area (Å²) in [5.41, 5.74) is 2.57. The molecule has 1 amide bonds. The van der Waals surface area contributed by atoms with Gasteiger partial charge < -0.3 is 9.80 Å². The Hall–Kier alpha value is -1.55. The lowest BCUT2D eigenvalue weighted by Crippen LogP contribution is -2.49. The molecule has 19 heavy (non-hydrogen) atoms. The van der Waals surface area contributed by atoms with Crippen LogP contribution in [0, 0.1) is 6.92 Å². The molecule has 0 radical (unpaired) electrons. The number of likely N-dealkylation sites (N-methyl/N-ethyl adjacent to an activating group) is 1. The Morgan fingerprint density at radius 1 is 1.11 bits per heavy atom. The molecule has 0 bridgehead atoms. The van der Waals surface area contributed by atoms with Crippen LogP contribution in [0.15, 0.2) is 24.3 Å². The molecule has 1 saturated heterocycles. The SMILES string of the molecule is Cc1ccc(N2CCN(CC(=O)N(C)C)CC2)cc1. The molecule has 1 heterocycles. The van der Waals surface area contributed by atoms with Gasteiger partial charge in [-0.3, -0.25) is 9.69 Å². The highest BCUT2D eigenvalue weighted by atomic mass is 16.2. The summed E-state index contributed by atoms with van der Waals surface area (Å²) in [6, 6.07) is 8.65. The molecule has 0 saturated carbocycles. The van der Waals surface area contributed by atoms with Gasteiger partial charge >= 0.3 is 0 Å². The van der Waals surface area contributed by atoms with Crippen LogP contribution in [0.2, 0.25) is 0 Å². The van der Waals surface area contributed by atoms with E-state index >= 15 is 0 Å². The second kappa shape index (κ2) is 6.06. The maximum absolute atomic E-state index is 11.7. The average molecular weight is 261 g/mol. The van der Waals surface area contributed by atoms with Crippen molar-refractivity contribution in [2.45, 2.75) is 6.92 Å². The van der Waals surface area contributed by atoms with Gasteiger partial charge in [0.2, 0.25) is 5.91 Å². The van der Waals surface area contributed by atoms with Gasteiger partial charge in [0.15, 0.2) is 0 Å². The molecule has 1 fully saturated rings. The number of aryl methyl sites for hydroxylation is 1. The van der Waals surface area contributed by atoms with E-state index in [1.807, 2.05) is 14.1 Å². The Morgan fingerprint density at radius 3 is 2.21 bits per heavy atom. The third-order valence-electron chi connectivity index (χ3n) is 3.63. The standard InChI is InChI=1S/C15H23N3O/c1-13-4-6-14(7-5-13)18-10-8-17(9-11-18)12-15(19)16(2)3/h4-7H,8-12H2,1-3H3. The molecule has 0 spiro atoms. The predicted octanol–water partition coefficient (Wildman–Crippen LogP) is 1.21. The van der Waals surface area contributed by atoms with Crippen LogP contribution in [0.1, 0.15) is 5.56 Å². The normalized spacial score (nSPS) is 16.5. The smallest absolute Gasteiger partial charge is 0.236 e. The van der Waals surface area contributed by atoms with Crippen molar-refractivity contribution in [3.8, 4) is 0 Å². The van der Waals surface area contributed by atoms with Gasteiger partial charge in [0.05, 0.1) is 6.54 Å². The molecule has 1 aromatic rings. The maximum Gasteiger partial charge on any atom is 0.236 e. The van der Waals surface area contributed by atoms with E-state index in [9.17, 15) is 4.79 Å². The highest BCUT2D eigenvalue weighted by Gasteiger charge is 2.19. The summed E-state index contributed by atoms with van der Waals surface area (Å²) in [7, 11) is 3.62. The molecule has 0 aromatic heterocycles. The second-order valence-electron chi connectivity index (χ2n) is 5.39. The fourth-order valence-electron chi connectivity index (χ4n) is 2.25. The van der Waals surface area contributed by atoms with Gasteiger partial charge in [0, 0.05) is 46.0 Å². The minimum absolute atomic E-state index is 0.184. The van der Waals surface area contributed by atoms with Crippen molar-refractivity contribution in [3.05, 3.63) is 29.8 Å². The van der Waals surface area contributed by atoms with Crippen LogP contribution < -0.4 is 4.90 Å². The van der Waals surface area contributed by atoms with E-state index in [1.165, 1.54) is 11.3 Å². The lowest BCUT2D eigenvalue weighted by Gasteiger charge is -2.36. The zero-order valence-electron chi connectivity index (χ0n) is 12.1. The number of anilines is 1. The van der Waals surface area contributed by atoms with Gasteiger partial charge in [-0.05, 0) is 19.1 Å². The third kappa shape index (κ3) is 3.70. The number of hydrogen-bond donors (Lipinski definition) is 0. The third-order valence-corrected chi connectivity index (χ3v) is 3.63. The molecule has 1 aromatic carbocycles. The zero-order chi connectivity index (χ0) is 13.8. The molecule has 0 unspecified atom stereocenters. The van der Waals surface area contributed by atoms with Crippen LogP contribution in [0.5, 0.6) is 0 Å². The summed E-state index contributed by atoms with van der Waals surface area (Å²) >= 11 is 0. The molecular weight excluding hydrogens is 238 g/mol. The summed E-state index contributed by atoms with van der Waals surface area (Å²) in [6.07, 6.45) is 0.